The summed E-state index contributed by atoms with van der Waals surface area (Å²) in [6.45, 7) is 4.12. The molecule has 0 aliphatic carbocycles. The van der Waals surface area contributed by atoms with Crippen molar-refractivity contribution in [2.45, 2.75) is 26.7 Å². The fourth-order valence-electron chi connectivity index (χ4n) is 2.74. The van der Waals surface area contributed by atoms with Gasteiger partial charge in [0.05, 0.1) is 12.3 Å². The Kier molecular flexibility index (Phi) is 5.03. The van der Waals surface area contributed by atoms with Crippen LogP contribution in [0.15, 0.2) is 34.9 Å². The number of nitrogens with two attached hydrogens (primary N) is 1. The SMILES string of the molecule is CCCc1nn2c(N)c(C(=O)OCC)cnc2c1-c1ccc(Br)cc1. The third kappa shape index (κ3) is 3.24. The predicted octanol–water partition coefficient (Wildman–Crippen LogP) is 3.87. The lowest BCUT2D eigenvalue weighted by Gasteiger charge is -2.07. The van der Waals surface area contributed by atoms with Crippen LogP contribution in [0.2, 0.25) is 0 Å². The van der Waals surface area contributed by atoms with Crippen LogP contribution in [-0.4, -0.2) is 27.2 Å². The van der Waals surface area contributed by atoms with Crippen LogP contribution < -0.4 is 5.73 Å². The number of aryl methyl sites for hydroxylation is 1. The van der Waals surface area contributed by atoms with E-state index in [4.69, 9.17) is 10.5 Å². The zero-order chi connectivity index (χ0) is 18.0. The van der Waals surface area contributed by atoms with E-state index < -0.39 is 5.97 Å². The first-order valence-corrected chi connectivity index (χ1v) is 8.95. The number of esters is 1. The molecule has 0 aliphatic heterocycles. The summed E-state index contributed by atoms with van der Waals surface area (Å²) in [5, 5.41) is 4.61. The van der Waals surface area contributed by atoms with Gasteiger partial charge in [-0.1, -0.05) is 41.4 Å². The Hall–Kier alpha value is -2.41. The van der Waals surface area contributed by atoms with Crippen molar-refractivity contribution in [2.24, 2.45) is 0 Å². The van der Waals surface area contributed by atoms with Gasteiger partial charge in [-0.15, -0.1) is 0 Å². The van der Waals surface area contributed by atoms with Crippen molar-refractivity contribution in [1.29, 1.82) is 0 Å². The molecule has 3 aromatic rings. The number of ether oxygens (including phenoxy) is 1. The number of halogens is 1. The topological polar surface area (TPSA) is 82.5 Å². The fourth-order valence-corrected chi connectivity index (χ4v) is 3.00. The standard InChI is InChI=1S/C18H19BrN4O2/c1-3-5-14-15(11-6-8-12(19)9-7-11)17-21-10-13(18(24)25-4-2)16(20)23(17)22-14/h6-10H,3-5,20H2,1-2H3. The molecule has 0 bridgehead atoms. The maximum Gasteiger partial charge on any atom is 0.343 e. The number of rotatable bonds is 5. The summed E-state index contributed by atoms with van der Waals surface area (Å²) in [7, 11) is 0. The molecule has 0 atom stereocenters. The summed E-state index contributed by atoms with van der Waals surface area (Å²) in [5.74, 6) is -0.253. The number of nitrogen functional groups attached to an aromatic ring is 1. The van der Waals surface area contributed by atoms with Crippen LogP contribution in [0.25, 0.3) is 16.8 Å². The molecule has 0 saturated carbocycles. The molecule has 3 rings (SSSR count). The van der Waals surface area contributed by atoms with E-state index in [9.17, 15) is 4.79 Å². The summed E-state index contributed by atoms with van der Waals surface area (Å²) < 4.78 is 7.57. The average molecular weight is 403 g/mol. The molecule has 7 heteroatoms. The van der Waals surface area contributed by atoms with Crippen LogP contribution in [-0.2, 0) is 11.2 Å². The lowest BCUT2D eigenvalue weighted by Crippen LogP contribution is -2.12. The van der Waals surface area contributed by atoms with E-state index in [1.165, 1.54) is 10.7 Å². The molecule has 2 N–H and O–H groups in total. The number of hydrogen-bond donors (Lipinski definition) is 1. The number of carbonyl (C=O) groups is 1. The summed E-state index contributed by atoms with van der Waals surface area (Å²) >= 11 is 3.45. The molecule has 0 amide bonds. The van der Waals surface area contributed by atoms with Gasteiger partial charge >= 0.3 is 5.97 Å². The molecule has 25 heavy (non-hydrogen) atoms. The largest absolute Gasteiger partial charge is 0.462 e. The molecular formula is C18H19BrN4O2. The second-order valence-electron chi connectivity index (χ2n) is 5.59. The summed E-state index contributed by atoms with van der Waals surface area (Å²) in [4.78, 5) is 16.5. The Morgan fingerprint density at radius 1 is 1.28 bits per heavy atom. The third-order valence-corrected chi connectivity index (χ3v) is 4.40. The average Bonchev–Trinajstić information content (AvgIpc) is 2.96. The Bertz CT molecular complexity index is 919. The van der Waals surface area contributed by atoms with E-state index in [1.54, 1.807) is 6.92 Å². The lowest BCUT2D eigenvalue weighted by molar-refractivity contribution is 0.0526. The first-order valence-electron chi connectivity index (χ1n) is 8.16. The first kappa shape index (κ1) is 17.4. The quantitative estimate of drug-likeness (QED) is 0.654. The summed E-state index contributed by atoms with van der Waals surface area (Å²) in [6.07, 6.45) is 3.20. The molecule has 0 spiro atoms. The van der Waals surface area contributed by atoms with Gasteiger partial charge in [-0.2, -0.15) is 9.61 Å². The first-order chi connectivity index (χ1) is 12.1. The number of carbonyl (C=O) groups excluding carboxylic acids is 1. The van der Waals surface area contributed by atoms with Crippen molar-refractivity contribution in [1.82, 2.24) is 14.6 Å². The molecular weight excluding hydrogens is 384 g/mol. The van der Waals surface area contributed by atoms with Crippen LogP contribution in [0.5, 0.6) is 0 Å². The van der Waals surface area contributed by atoms with Crippen molar-refractivity contribution in [3.8, 4) is 11.1 Å². The minimum atomic E-state index is -0.493. The zero-order valence-electron chi connectivity index (χ0n) is 14.1. The fraction of sp³-hybridized carbons (Fsp3) is 0.278. The molecule has 0 fully saturated rings. The van der Waals surface area contributed by atoms with Crippen molar-refractivity contribution < 1.29 is 9.53 Å². The van der Waals surface area contributed by atoms with E-state index >= 15 is 0 Å². The van der Waals surface area contributed by atoms with Gasteiger partial charge in [0.15, 0.2) is 5.65 Å². The van der Waals surface area contributed by atoms with Crippen LogP contribution in [0.4, 0.5) is 5.82 Å². The number of fused-ring (bicyclic) bond motifs is 1. The van der Waals surface area contributed by atoms with E-state index in [0.29, 0.717) is 5.65 Å². The van der Waals surface area contributed by atoms with E-state index in [0.717, 1.165) is 34.1 Å². The van der Waals surface area contributed by atoms with Gasteiger partial charge in [0.1, 0.15) is 11.4 Å². The zero-order valence-corrected chi connectivity index (χ0v) is 15.7. The molecule has 2 aromatic heterocycles. The van der Waals surface area contributed by atoms with Gasteiger partial charge in [-0.25, -0.2) is 9.78 Å². The minimum Gasteiger partial charge on any atom is -0.462 e. The summed E-state index contributed by atoms with van der Waals surface area (Å²) in [6, 6.07) is 7.98. The van der Waals surface area contributed by atoms with Gasteiger partial charge in [0.2, 0.25) is 0 Å². The van der Waals surface area contributed by atoms with Gasteiger partial charge in [0.25, 0.3) is 0 Å². The number of hydrogen-bond acceptors (Lipinski definition) is 5. The Labute approximate surface area is 154 Å². The highest BCUT2D eigenvalue weighted by Gasteiger charge is 2.21. The van der Waals surface area contributed by atoms with Crippen molar-refractivity contribution in [3.63, 3.8) is 0 Å². The van der Waals surface area contributed by atoms with Crippen LogP contribution in [0, 0.1) is 0 Å². The maximum atomic E-state index is 12.0. The third-order valence-electron chi connectivity index (χ3n) is 3.87. The predicted molar refractivity (Wildman–Crippen MR) is 100 cm³/mol. The van der Waals surface area contributed by atoms with Gasteiger partial charge < -0.3 is 10.5 Å². The van der Waals surface area contributed by atoms with Gasteiger partial charge in [0, 0.05) is 16.2 Å². The normalized spacial score (nSPS) is 11.0. The second kappa shape index (κ2) is 7.23. The number of nitrogens with zero attached hydrogens (tertiary/aromatic N) is 3. The van der Waals surface area contributed by atoms with Crippen LogP contribution >= 0.6 is 15.9 Å². The Balaban J connectivity index is 2.22. The van der Waals surface area contributed by atoms with Crippen molar-refractivity contribution in [3.05, 3.63) is 46.2 Å². The number of anilines is 1. The second-order valence-corrected chi connectivity index (χ2v) is 6.51. The van der Waals surface area contributed by atoms with E-state index in [2.05, 4.69) is 32.9 Å². The van der Waals surface area contributed by atoms with Crippen LogP contribution in [0.3, 0.4) is 0 Å². The molecule has 6 nitrogen and oxygen atoms in total. The highest BCUT2D eigenvalue weighted by molar-refractivity contribution is 9.10. The van der Waals surface area contributed by atoms with E-state index in [-0.39, 0.29) is 18.0 Å². The summed E-state index contributed by atoms with van der Waals surface area (Å²) in [5.41, 5.74) is 9.90. The van der Waals surface area contributed by atoms with E-state index in [1.807, 2.05) is 24.3 Å². The number of benzene rings is 1. The molecule has 1 aromatic carbocycles. The monoisotopic (exact) mass is 402 g/mol. The smallest absolute Gasteiger partial charge is 0.343 e. The van der Waals surface area contributed by atoms with Crippen LogP contribution in [0.1, 0.15) is 36.3 Å². The molecule has 2 heterocycles. The van der Waals surface area contributed by atoms with Gasteiger partial charge in [-0.3, -0.25) is 0 Å². The molecule has 0 radical (unpaired) electrons. The highest BCUT2D eigenvalue weighted by Crippen LogP contribution is 2.31. The molecule has 0 aliphatic rings. The number of aromatic nitrogens is 3. The Morgan fingerprint density at radius 2 is 2.00 bits per heavy atom. The molecule has 0 unspecified atom stereocenters. The molecule has 130 valence electrons. The highest BCUT2D eigenvalue weighted by atomic mass is 79.9. The lowest BCUT2D eigenvalue weighted by atomic mass is 10.0. The van der Waals surface area contributed by atoms with Crippen molar-refractivity contribution >= 4 is 33.4 Å². The Morgan fingerprint density at radius 3 is 2.64 bits per heavy atom. The minimum absolute atomic E-state index is 0.224. The van der Waals surface area contributed by atoms with Gasteiger partial charge in [-0.05, 0) is 31.0 Å². The van der Waals surface area contributed by atoms with Crippen molar-refractivity contribution in [2.75, 3.05) is 12.3 Å². The molecule has 0 saturated heterocycles. The maximum absolute atomic E-state index is 12.0.